The van der Waals surface area contributed by atoms with Gasteiger partial charge in [0.15, 0.2) is 0 Å². The molecule has 0 spiro atoms. The molecule has 0 aromatic heterocycles. The van der Waals surface area contributed by atoms with Gasteiger partial charge in [0, 0.05) is 0 Å². The number of hydrogen-bond acceptors (Lipinski definition) is 2. The molecule has 17 heavy (non-hydrogen) atoms. The third-order valence-corrected chi connectivity index (χ3v) is 2.70. The van der Waals surface area contributed by atoms with Crippen molar-refractivity contribution in [3.63, 3.8) is 0 Å². The van der Waals surface area contributed by atoms with Gasteiger partial charge in [-0.1, -0.05) is 35.9 Å². The zero-order chi connectivity index (χ0) is 12.3. The predicted octanol–water partition coefficient (Wildman–Crippen LogP) is 4.19. The molecule has 3 heteroatoms. The van der Waals surface area contributed by atoms with E-state index in [1.54, 1.807) is 25.1 Å². The molecule has 0 heterocycles. The largest absolute Gasteiger partial charge is 0.456 e. The van der Waals surface area contributed by atoms with Crippen LogP contribution in [0.15, 0.2) is 48.5 Å². The van der Waals surface area contributed by atoms with Gasteiger partial charge < -0.3 is 9.84 Å². The standard InChI is InChI=1S/C14H13ClO2/c1-10(16)11-7-8-14(13(15)9-11)17-12-5-3-2-4-6-12/h2-10,16H,1H3/t10-/m1/s1. The molecule has 0 saturated carbocycles. The molecule has 88 valence electrons. The molecule has 0 saturated heterocycles. The van der Waals surface area contributed by atoms with E-state index < -0.39 is 6.10 Å². The molecule has 0 fully saturated rings. The minimum absolute atomic E-state index is 0.493. The fourth-order valence-electron chi connectivity index (χ4n) is 1.48. The monoisotopic (exact) mass is 248 g/mol. The Hall–Kier alpha value is -1.51. The van der Waals surface area contributed by atoms with E-state index in [2.05, 4.69) is 0 Å². The minimum Gasteiger partial charge on any atom is -0.456 e. The molecule has 2 rings (SSSR count). The summed E-state index contributed by atoms with van der Waals surface area (Å²) < 4.78 is 5.63. The van der Waals surface area contributed by atoms with Crippen molar-refractivity contribution in [3.05, 3.63) is 59.1 Å². The summed E-state index contributed by atoms with van der Waals surface area (Å²) in [5.41, 5.74) is 0.774. The molecule has 1 atom stereocenters. The molecule has 0 amide bonds. The van der Waals surface area contributed by atoms with Crippen molar-refractivity contribution in [1.82, 2.24) is 0 Å². The quantitative estimate of drug-likeness (QED) is 0.883. The Labute approximate surface area is 105 Å². The Balaban J connectivity index is 2.23. The van der Waals surface area contributed by atoms with Crippen LogP contribution in [0.4, 0.5) is 0 Å². The summed E-state index contributed by atoms with van der Waals surface area (Å²) >= 11 is 6.09. The first kappa shape index (κ1) is 12.0. The third kappa shape index (κ3) is 2.99. The SMILES string of the molecule is C[C@@H](O)c1ccc(Oc2ccccc2)c(Cl)c1. The molecular formula is C14H13ClO2. The third-order valence-electron chi connectivity index (χ3n) is 2.41. The summed E-state index contributed by atoms with van der Waals surface area (Å²) in [5, 5.41) is 9.92. The van der Waals surface area contributed by atoms with Crippen LogP contribution >= 0.6 is 11.6 Å². The maximum atomic E-state index is 9.43. The number of para-hydroxylation sites is 1. The van der Waals surface area contributed by atoms with Crippen LogP contribution in [0, 0.1) is 0 Å². The molecule has 0 unspecified atom stereocenters. The van der Waals surface area contributed by atoms with Gasteiger partial charge in [-0.3, -0.25) is 0 Å². The summed E-state index contributed by atoms with van der Waals surface area (Å²) in [6, 6.07) is 14.7. The molecule has 1 N–H and O–H groups in total. The van der Waals surface area contributed by atoms with E-state index >= 15 is 0 Å². The van der Waals surface area contributed by atoms with Gasteiger partial charge in [-0.15, -0.1) is 0 Å². The number of ether oxygens (including phenoxy) is 1. The number of aliphatic hydroxyl groups excluding tert-OH is 1. The van der Waals surface area contributed by atoms with Gasteiger partial charge in [-0.05, 0) is 36.8 Å². The van der Waals surface area contributed by atoms with Crippen LogP contribution in [0.3, 0.4) is 0 Å². The first-order chi connectivity index (χ1) is 8.16. The Morgan fingerprint density at radius 2 is 1.82 bits per heavy atom. The fourth-order valence-corrected chi connectivity index (χ4v) is 1.70. The summed E-state index contributed by atoms with van der Waals surface area (Å²) in [5.74, 6) is 1.32. The topological polar surface area (TPSA) is 29.5 Å². The second-order valence-electron chi connectivity index (χ2n) is 3.78. The van der Waals surface area contributed by atoms with Crippen LogP contribution in [0.1, 0.15) is 18.6 Å². The highest BCUT2D eigenvalue weighted by Gasteiger charge is 2.07. The zero-order valence-corrected chi connectivity index (χ0v) is 10.2. The van der Waals surface area contributed by atoms with E-state index in [1.807, 2.05) is 30.3 Å². The predicted molar refractivity (Wildman–Crippen MR) is 68.6 cm³/mol. The highest BCUT2D eigenvalue weighted by atomic mass is 35.5. The Kier molecular flexibility index (Phi) is 3.67. The van der Waals surface area contributed by atoms with Crippen molar-refractivity contribution < 1.29 is 9.84 Å². The van der Waals surface area contributed by atoms with Crippen LogP contribution in [0.5, 0.6) is 11.5 Å². The Morgan fingerprint density at radius 3 is 2.41 bits per heavy atom. The lowest BCUT2D eigenvalue weighted by molar-refractivity contribution is 0.199. The van der Waals surface area contributed by atoms with Crippen molar-refractivity contribution in [3.8, 4) is 11.5 Å². The lowest BCUT2D eigenvalue weighted by atomic mass is 10.1. The summed E-state index contributed by atoms with van der Waals surface area (Å²) in [6.07, 6.45) is -0.529. The van der Waals surface area contributed by atoms with Gasteiger partial charge in [0.1, 0.15) is 11.5 Å². The van der Waals surface area contributed by atoms with Gasteiger partial charge in [-0.25, -0.2) is 0 Å². The molecular weight excluding hydrogens is 236 g/mol. The maximum Gasteiger partial charge on any atom is 0.146 e. The maximum absolute atomic E-state index is 9.43. The lowest BCUT2D eigenvalue weighted by Gasteiger charge is -2.10. The number of rotatable bonds is 3. The normalized spacial score (nSPS) is 12.2. The minimum atomic E-state index is -0.529. The summed E-state index contributed by atoms with van der Waals surface area (Å²) in [4.78, 5) is 0. The van der Waals surface area contributed by atoms with Gasteiger partial charge in [0.2, 0.25) is 0 Å². The van der Waals surface area contributed by atoms with E-state index in [-0.39, 0.29) is 0 Å². The van der Waals surface area contributed by atoms with Crippen molar-refractivity contribution in [2.24, 2.45) is 0 Å². The van der Waals surface area contributed by atoms with Crippen molar-refractivity contribution >= 4 is 11.6 Å². The van der Waals surface area contributed by atoms with E-state index in [1.165, 1.54) is 0 Å². The van der Waals surface area contributed by atoms with Gasteiger partial charge >= 0.3 is 0 Å². The highest BCUT2D eigenvalue weighted by Crippen LogP contribution is 2.31. The molecule has 0 aliphatic heterocycles. The Morgan fingerprint density at radius 1 is 1.12 bits per heavy atom. The molecule has 0 radical (unpaired) electrons. The fraction of sp³-hybridized carbons (Fsp3) is 0.143. The zero-order valence-electron chi connectivity index (χ0n) is 9.43. The van der Waals surface area contributed by atoms with Crippen molar-refractivity contribution in [2.45, 2.75) is 13.0 Å². The Bertz CT molecular complexity index is 495. The van der Waals surface area contributed by atoms with Gasteiger partial charge in [0.25, 0.3) is 0 Å². The van der Waals surface area contributed by atoms with Crippen LogP contribution in [0.25, 0.3) is 0 Å². The van der Waals surface area contributed by atoms with E-state index in [9.17, 15) is 5.11 Å². The number of benzene rings is 2. The van der Waals surface area contributed by atoms with E-state index in [4.69, 9.17) is 16.3 Å². The molecule has 0 bridgehead atoms. The second-order valence-corrected chi connectivity index (χ2v) is 4.19. The highest BCUT2D eigenvalue weighted by molar-refractivity contribution is 6.32. The molecule has 0 aliphatic carbocycles. The van der Waals surface area contributed by atoms with Crippen LogP contribution in [-0.2, 0) is 0 Å². The first-order valence-electron chi connectivity index (χ1n) is 5.37. The second kappa shape index (κ2) is 5.21. The van der Waals surface area contributed by atoms with Crippen LogP contribution in [-0.4, -0.2) is 5.11 Å². The average molecular weight is 249 g/mol. The van der Waals surface area contributed by atoms with Gasteiger partial charge in [0.05, 0.1) is 11.1 Å². The molecule has 0 aliphatic rings. The summed E-state index contributed by atoms with van der Waals surface area (Å²) in [6.45, 7) is 1.70. The van der Waals surface area contributed by atoms with Crippen LogP contribution in [0.2, 0.25) is 5.02 Å². The number of hydrogen-bond donors (Lipinski definition) is 1. The van der Waals surface area contributed by atoms with Crippen molar-refractivity contribution in [1.29, 1.82) is 0 Å². The number of halogens is 1. The molecule has 2 nitrogen and oxygen atoms in total. The number of aliphatic hydroxyl groups is 1. The molecule has 2 aromatic rings. The molecule has 2 aromatic carbocycles. The lowest BCUT2D eigenvalue weighted by Crippen LogP contribution is -1.92. The van der Waals surface area contributed by atoms with Crippen molar-refractivity contribution in [2.75, 3.05) is 0 Å². The van der Waals surface area contributed by atoms with E-state index in [0.717, 1.165) is 11.3 Å². The first-order valence-corrected chi connectivity index (χ1v) is 5.75. The van der Waals surface area contributed by atoms with Gasteiger partial charge in [-0.2, -0.15) is 0 Å². The summed E-state index contributed by atoms with van der Waals surface area (Å²) in [7, 11) is 0. The van der Waals surface area contributed by atoms with E-state index in [0.29, 0.717) is 10.8 Å². The average Bonchev–Trinajstić information content (AvgIpc) is 2.33. The van der Waals surface area contributed by atoms with Crippen LogP contribution < -0.4 is 4.74 Å². The smallest absolute Gasteiger partial charge is 0.146 e.